The smallest absolute Gasteiger partial charge is 0.208 e. The van der Waals surface area contributed by atoms with Crippen LogP contribution in [0, 0.1) is 0 Å². The molecular weight excluding hydrogens is 320 g/mol. The number of ether oxygens (including phenoxy) is 1. The lowest BCUT2D eigenvalue weighted by Crippen LogP contribution is -2.47. The lowest BCUT2D eigenvalue weighted by Gasteiger charge is -2.34. The van der Waals surface area contributed by atoms with Crippen molar-refractivity contribution >= 4 is 16.5 Å². The zero-order chi connectivity index (χ0) is 17.0. The van der Waals surface area contributed by atoms with Gasteiger partial charge in [-0.3, -0.25) is 4.90 Å². The summed E-state index contributed by atoms with van der Waals surface area (Å²) in [4.78, 5) is 4.80. The van der Waals surface area contributed by atoms with Gasteiger partial charge in [0.1, 0.15) is 17.4 Å². The Morgan fingerprint density at radius 3 is 2.38 bits per heavy atom. The van der Waals surface area contributed by atoms with Crippen molar-refractivity contribution in [2.75, 3.05) is 44.2 Å². The van der Waals surface area contributed by atoms with Crippen molar-refractivity contribution in [2.45, 2.75) is 26.2 Å². The summed E-state index contributed by atoms with van der Waals surface area (Å²) in [6.45, 7) is 12.3. The predicted molar refractivity (Wildman–Crippen MR) is 99.2 cm³/mol. The van der Waals surface area contributed by atoms with Crippen LogP contribution < -0.4 is 9.64 Å². The summed E-state index contributed by atoms with van der Waals surface area (Å²) in [6, 6.07) is 10.0. The molecule has 0 saturated carbocycles. The quantitative estimate of drug-likeness (QED) is 0.832. The van der Waals surface area contributed by atoms with E-state index in [-0.39, 0.29) is 5.41 Å². The molecule has 0 unspecified atom stereocenters. The largest absolute Gasteiger partial charge is 0.492 e. The standard InChI is InChI=1S/C18H26N4OS/c1-18(2,3)16-19-20-17(24-16)22-11-9-21(10-12-22)13-14-23-15-7-5-4-6-8-15/h4-8H,9-14H2,1-3H3. The maximum atomic E-state index is 5.79. The van der Waals surface area contributed by atoms with Gasteiger partial charge in [-0.05, 0) is 12.1 Å². The Balaban J connectivity index is 1.43. The zero-order valence-corrected chi connectivity index (χ0v) is 15.6. The summed E-state index contributed by atoms with van der Waals surface area (Å²) >= 11 is 1.72. The van der Waals surface area contributed by atoms with E-state index in [1.165, 1.54) is 0 Å². The highest BCUT2D eigenvalue weighted by Crippen LogP contribution is 2.30. The molecule has 0 aliphatic carbocycles. The first-order valence-electron chi connectivity index (χ1n) is 8.51. The van der Waals surface area contributed by atoms with E-state index in [1.54, 1.807) is 11.3 Å². The zero-order valence-electron chi connectivity index (χ0n) is 14.7. The number of nitrogens with zero attached hydrogens (tertiary/aromatic N) is 4. The van der Waals surface area contributed by atoms with Crippen molar-refractivity contribution in [3.63, 3.8) is 0 Å². The highest BCUT2D eigenvalue weighted by Gasteiger charge is 2.24. The molecule has 1 aliphatic rings. The van der Waals surface area contributed by atoms with Crippen LogP contribution in [0.5, 0.6) is 5.75 Å². The van der Waals surface area contributed by atoms with Crippen LogP contribution in [0.3, 0.4) is 0 Å². The van der Waals surface area contributed by atoms with Gasteiger partial charge in [0.05, 0.1) is 0 Å². The molecule has 3 rings (SSSR count). The molecule has 130 valence electrons. The lowest BCUT2D eigenvalue weighted by atomic mass is 9.98. The van der Waals surface area contributed by atoms with E-state index in [0.29, 0.717) is 0 Å². The fourth-order valence-electron chi connectivity index (χ4n) is 2.62. The first-order chi connectivity index (χ1) is 11.5. The van der Waals surface area contributed by atoms with Gasteiger partial charge < -0.3 is 9.64 Å². The Hall–Kier alpha value is -1.66. The van der Waals surface area contributed by atoms with Crippen LogP contribution >= 0.6 is 11.3 Å². The molecule has 1 fully saturated rings. The van der Waals surface area contributed by atoms with Gasteiger partial charge in [-0.2, -0.15) is 0 Å². The third-order valence-electron chi connectivity index (χ3n) is 4.12. The molecule has 0 atom stereocenters. The van der Waals surface area contributed by atoms with Crippen LogP contribution in [-0.4, -0.2) is 54.4 Å². The van der Waals surface area contributed by atoms with Crippen molar-refractivity contribution in [1.29, 1.82) is 0 Å². The van der Waals surface area contributed by atoms with Crippen molar-refractivity contribution < 1.29 is 4.74 Å². The molecule has 5 nitrogen and oxygen atoms in total. The number of benzene rings is 1. The van der Waals surface area contributed by atoms with E-state index in [2.05, 4.69) is 40.8 Å². The van der Waals surface area contributed by atoms with Gasteiger partial charge in [-0.25, -0.2) is 0 Å². The molecule has 1 aliphatic heterocycles. The van der Waals surface area contributed by atoms with E-state index in [1.807, 2.05) is 30.3 Å². The number of hydrogen-bond acceptors (Lipinski definition) is 6. The molecule has 6 heteroatoms. The summed E-state index contributed by atoms with van der Waals surface area (Å²) in [5, 5.41) is 10.9. The fourth-order valence-corrected chi connectivity index (χ4v) is 3.57. The van der Waals surface area contributed by atoms with Crippen molar-refractivity contribution in [3.8, 4) is 5.75 Å². The molecule has 0 amide bonds. The highest BCUT2D eigenvalue weighted by atomic mass is 32.1. The molecule has 0 bridgehead atoms. The van der Waals surface area contributed by atoms with Crippen molar-refractivity contribution in [3.05, 3.63) is 35.3 Å². The van der Waals surface area contributed by atoms with Gasteiger partial charge in [0.15, 0.2) is 0 Å². The number of rotatable bonds is 5. The number of para-hydroxylation sites is 1. The van der Waals surface area contributed by atoms with Gasteiger partial charge in [0.25, 0.3) is 0 Å². The van der Waals surface area contributed by atoms with Crippen LogP contribution in [0.4, 0.5) is 5.13 Å². The monoisotopic (exact) mass is 346 g/mol. The minimum Gasteiger partial charge on any atom is -0.492 e. The molecule has 1 saturated heterocycles. The van der Waals surface area contributed by atoms with Crippen LogP contribution in [0.1, 0.15) is 25.8 Å². The molecule has 1 aromatic carbocycles. The molecule has 0 spiro atoms. The Labute approximate surface area is 148 Å². The topological polar surface area (TPSA) is 41.5 Å². The van der Waals surface area contributed by atoms with Gasteiger partial charge in [0, 0.05) is 38.1 Å². The Morgan fingerprint density at radius 2 is 1.75 bits per heavy atom. The second-order valence-electron chi connectivity index (χ2n) is 7.13. The van der Waals surface area contributed by atoms with Gasteiger partial charge in [0.2, 0.25) is 5.13 Å². The Kier molecular flexibility index (Phi) is 5.36. The van der Waals surface area contributed by atoms with E-state index >= 15 is 0 Å². The van der Waals surface area contributed by atoms with Gasteiger partial charge in [-0.15, -0.1) is 10.2 Å². The first kappa shape index (κ1) is 17.2. The highest BCUT2D eigenvalue weighted by molar-refractivity contribution is 7.15. The predicted octanol–water partition coefficient (Wildman–Crippen LogP) is 3.04. The summed E-state index contributed by atoms with van der Waals surface area (Å²) < 4.78 is 5.79. The second-order valence-corrected chi connectivity index (χ2v) is 8.09. The number of anilines is 1. The van der Waals surface area contributed by atoms with Crippen molar-refractivity contribution in [2.24, 2.45) is 0 Å². The molecular formula is C18H26N4OS. The summed E-state index contributed by atoms with van der Waals surface area (Å²) in [6.07, 6.45) is 0. The summed E-state index contributed by atoms with van der Waals surface area (Å²) in [5.74, 6) is 0.944. The van der Waals surface area contributed by atoms with Crippen LogP contribution in [-0.2, 0) is 5.41 Å². The maximum absolute atomic E-state index is 5.79. The molecule has 2 aromatic rings. The molecule has 24 heavy (non-hydrogen) atoms. The second kappa shape index (κ2) is 7.49. The third kappa shape index (κ3) is 4.45. The van der Waals surface area contributed by atoms with Crippen LogP contribution in [0.25, 0.3) is 0 Å². The first-order valence-corrected chi connectivity index (χ1v) is 9.33. The Bertz CT molecular complexity index is 630. The number of aromatic nitrogens is 2. The van der Waals surface area contributed by atoms with Gasteiger partial charge in [-0.1, -0.05) is 50.3 Å². The minimum absolute atomic E-state index is 0.0759. The average Bonchev–Trinajstić information content (AvgIpc) is 3.07. The average molecular weight is 347 g/mol. The van der Waals surface area contributed by atoms with Gasteiger partial charge >= 0.3 is 0 Å². The number of piperazine rings is 1. The maximum Gasteiger partial charge on any atom is 0.208 e. The number of hydrogen-bond donors (Lipinski definition) is 0. The van der Waals surface area contributed by atoms with Crippen LogP contribution in [0.15, 0.2) is 30.3 Å². The SMILES string of the molecule is CC(C)(C)c1nnc(N2CCN(CCOc3ccccc3)CC2)s1. The fraction of sp³-hybridized carbons (Fsp3) is 0.556. The Morgan fingerprint density at radius 1 is 1.04 bits per heavy atom. The molecule has 1 aromatic heterocycles. The lowest BCUT2D eigenvalue weighted by molar-refractivity contribution is 0.200. The molecule has 0 N–H and O–H groups in total. The normalized spacial score (nSPS) is 16.4. The third-order valence-corrected chi connectivity index (χ3v) is 5.53. The van der Waals surface area contributed by atoms with E-state index in [0.717, 1.165) is 55.2 Å². The minimum atomic E-state index is 0.0759. The van der Waals surface area contributed by atoms with Crippen molar-refractivity contribution in [1.82, 2.24) is 15.1 Å². The summed E-state index contributed by atoms with van der Waals surface area (Å²) in [5.41, 5.74) is 0.0759. The van der Waals surface area contributed by atoms with E-state index in [4.69, 9.17) is 4.74 Å². The van der Waals surface area contributed by atoms with E-state index < -0.39 is 0 Å². The summed E-state index contributed by atoms with van der Waals surface area (Å²) in [7, 11) is 0. The molecule has 2 heterocycles. The van der Waals surface area contributed by atoms with Crippen LogP contribution in [0.2, 0.25) is 0 Å². The molecule has 0 radical (unpaired) electrons. The van der Waals surface area contributed by atoms with E-state index in [9.17, 15) is 0 Å².